The molecule has 0 unspecified atom stereocenters. The van der Waals surface area contributed by atoms with Gasteiger partial charge in [0.25, 0.3) is 0 Å². The number of rotatable bonds is 11. The molecule has 28 heavy (non-hydrogen) atoms. The number of thioether (sulfide) groups is 1. The average molecular weight is 423 g/mol. The number of sulfonamides is 1. The van der Waals surface area contributed by atoms with Gasteiger partial charge < -0.3 is 5.32 Å². The summed E-state index contributed by atoms with van der Waals surface area (Å²) >= 11 is 1.59. The van der Waals surface area contributed by atoms with E-state index < -0.39 is 16.1 Å². The van der Waals surface area contributed by atoms with Gasteiger partial charge in [0.2, 0.25) is 15.9 Å². The van der Waals surface area contributed by atoms with E-state index in [-0.39, 0.29) is 5.91 Å². The Morgan fingerprint density at radius 2 is 2.04 bits per heavy atom. The summed E-state index contributed by atoms with van der Waals surface area (Å²) in [7, 11) is -3.71. The van der Waals surface area contributed by atoms with E-state index in [4.69, 9.17) is 0 Å². The molecule has 0 heterocycles. The predicted octanol–water partition coefficient (Wildman–Crippen LogP) is 3.71. The molecular weight excluding hydrogens is 392 g/mol. The first kappa shape index (κ1) is 22.7. The fourth-order valence-corrected chi connectivity index (χ4v) is 4.56. The Morgan fingerprint density at radius 1 is 1.25 bits per heavy atom. The molecule has 5 nitrogen and oxygen atoms in total. The SMILES string of the molecule is CSCC[C@@H](NS(=O)(=O)/C=C/c1ccccc1)C(=O)NCCC1=CCCCC1. The molecule has 0 saturated carbocycles. The van der Waals surface area contributed by atoms with Crippen LogP contribution in [-0.2, 0) is 14.8 Å². The van der Waals surface area contributed by atoms with Crippen LogP contribution in [0.25, 0.3) is 6.08 Å². The topological polar surface area (TPSA) is 75.3 Å². The third kappa shape index (κ3) is 8.63. The van der Waals surface area contributed by atoms with Gasteiger partial charge in [-0.25, -0.2) is 8.42 Å². The minimum Gasteiger partial charge on any atom is -0.354 e. The van der Waals surface area contributed by atoms with Crippen LogP contribution in [0.5, 0.6) is 0 Å². The fourth-order valence-electron chi connectivity index (χ4n) is 3.05. The number of allylic oxidation sites excluding steroid dienone is 1. The van der Waals surface area contributed by atoms with Crippen molar-refractivity contribution in [3.8, 4) is 0 Å². The first-order valence-corrected chi connectivity index (χ1v) is 12.6. The lowest BCUT2D eigenvalue weighted by Gasteiger charge is -2.18. The first-order valence-electron chi connectivity index (χ1n) is 9.70. The van der Waals surface area contributed by atoms with Gasteiger partial charge in [0.15, 0.2) is 0 Å². The van der Waals surface area contributed by atoms with Crippen molar-refractivity contribution in [2.24, 2.45) is 0 Å². The molecule has 2 N–H and O–H groups in total. The highest BCUT2D eigenvalue weighted by Crippen LogP contribution is 2.19. The van der Waals surface area contributed by atoms with Crippen molar-refractivity contribution in [3.63, 3.8) is 0 Å². The van der Waals surface area contributed by atoms with Gasteiger partial charge >= 0.3 is 0 Å². The number of benzene rings is 1. The molecule has 0 aromatic heterocycles. The van der Waals surface area contributed by atoms with E-state index >= 15 is 0 Å². The van der Waals surface area contributed by atoms with Crippen LogP contribution in [0.15, 0.2) is 47.4 Å². The number of nitrogens with one attached hydrogen (secondary N) is 2. The number of hydrogen-bond donors (Lipinski definition) is 2. The monoisotopic (exact) mass is 422 g/mol. The summed E-state index contributed by atoms with van der Waals surface area (Å²) in [5.74, 6) is 0.441. The minimum absolute atomic E-state index is 0.262. The van der Waals surface area contributed by atoms with Crippen molar-refractivity contribution in [1.29, 1.82) is 0 Å². The molecule has 2 rings (SSSR count). The molecule has 154 valence electrons. The predicted molar refractivity (Wildman–Crippen MR) is 118 cm³/mol. The third-order valence-electron chi connectivity index (χ3n) is 4.60. The summed E-state index contributed by atoms with van der Waals surface area (Å²) in [5.41, 5.74) is 2.18. The minimum atomic E-state index is -3.71. The van der Waals surface area contributed by atoms with E-state index in [1.807, 2.05) is 36.6 Å². The standard InChI is InChI=1S/C21H30N2O3S2/c1-27-16-13-20(21(24)22-15-12-18-8-4-2-5-9-18)23-28(25,26)17-14-19-10-6-3-7-11-19/h3,6-8,10-11,14,17,20,23H,2,4-5,9,12-13,15-16H2,1H3,(H,22,24)/b17-14+/t20-/m1/s1. The third-order valence-corrected chi connectivity index (χ3v) is 6.35. The zero-order valence-corrected chi connectivity index (χ0v) is 18.0. The largest absolute Gasteiger partial charge is 0.354 e. The van der Waals surface area contributed by atoms with Gasteiger partial charge in [0.05, 0.1) is 0 Å². The Morgan fingerprint density at radius 3 is 2.71 bits per heavy atom. The number of hydrogen-bond acceptors (Lipinski definition) is 4. The smallest absolute Gasteiger partial charge is 0.238 e. The molecule has 1 aromatic carbocycles. The maximum Gasteiger partial charge on any atom is 0.238 e. The fraction of sp³-hybridized carbons (Fsp3) is 0.476. The highest BCUT2D eigenvalue weighted by atomic mass is 32.2. The van der Waals surface area contributed by atoms with Crippen LogP contribution in [0.3, 0.4) is 0 Å². The van der Waals surface area contributed by atoms with Crippen molar-refractivity contribution in [3.05, 3.63) is 53.0 Å². The molecule has 0 fully saturated rings. The second-order valence-electron chi connectivity index (χ2n) is 6.86. The quantitative estimate of drug-likeness (QED) is 0.533. The lowest BCUT2D eigenvalue weighted by atomic mass is 9.97. The number of carbonyl (C=O) groups is 1. The lowest BCUT2D eigenvalue weighted by Crippen LogP contribution is -2.46. The lowest BCUT2D eigenvalue weighted by molar-refractivity contribution is -0.122. The normalized spacial score (nSPS) is 16.0. The first-order chi connectivity index (χ1) is 13.5. The Kier molecular flexibility index (Phi) is 9.81. The molecule has 1 aliphatic carbocycles. The highest BCUT2D eigenvalue weighted by Gasteiger charge is 2.22. The Labute approximate surface area is 173 Å². The van der Waals surface area contributed by atoms with E-state index in [1.165, 1.54) is 24.5 Å². The molecule has 1 amide bonds. The van der Waals surface area contributed by atoms with Crippen LogP contribution in [0, 0.1) is 0 Å². The Balaban J connectivity index is 1.92. The van der Waals surface area contributed by atoms with Gasteiger partial charge in [0.1, 0.15) is 6.04 Å². The maximum atomic E-state index is 12.6. The molecule has 0 radical (unpaired) electrons. The zero-order valence-electron chi connectivity index (χ0n) is 16.4. The van der Waals surface area contributed by atoms with E-state index in [0.29, 0.717) is 18.7 Å². The molecular formula is C21H30N2O3S2. The van der Waals surface area contributed by atoms with Crippen molar-refractivity contribution in [2.75, 3.05) is 18.6 Å². The van der Waals surface area contributed by atoms with E-state index in [0.717, 1.165) is 30.2 Å². The number of amides is 1. The van der Waals surface area contributed by atoms with Gasteiger partial charge in [-0.15, -0.1) is 0 Å². The van der Waals surface area contributed by atoms with E-state index in [2.05, 4.69) is 16.1 Å². The Bertz CT molecular complexity index is 774. The molecule has 1 aliphatic rings. The van der Waals surface area contributed by atoms with Gasteiger partial charge in [-0.3, -0.25) is 4.79 Å². The summed E-state index contributed by atoms with van der Waals surface area (Å²) < 4.78 is 27.4. The second kappa shape index (κ2) is 12.1. The maximum absolute atomic E-state index is 12.6. The molecule has 0 spiro atoms. The van der Waals surface area contributed by atoms with Crippen molar-refractivity contribution in [1.82, 2.24) is 10.0 Å². The molecule has 0 bridgehead atoms. The van der Waals surface area contributed by atoms with Gasteiger partial charge in [0, 0.05) is 12.0 Å². The molecule has 1 atom stereocenters. The van der Waals surface area contributed by atoms with Gasteiger partial charge in [-0.05, 0) is 62.2 Å². The van der Waals surface area contributed by atoms with Crippen LogP contribution >= 0.6 is 11.8 Å². The van der Waals surface area contributed by atoms with Crippen LogP contribution in [-0.4, -0.2) is 38.9 Å². The van der Waals surface area contributed by atoms with Crippen molar-refractivity contribution in [2.45, 2.75) is 44.6 Å². The Hall–Kier alpha value is -1.57. The van der Waals surface area contributed by atoms with E-state index in [9.17, 15) is 13.2 Å². The highest BCUT2D eigenvalue weighted by molar-refractivity contribution is 7.98. The van der Waals surface area contributed by atoms with Crippen LogP contribution in [0.1, 0.15) is 44.1 Å². The average Bonchev–Trinajstić information content (AvgIpc) is 2.71. The van der Waals surface area contributed by atoms with Crippen LogP contribution in [0.4, 0.5) is 0 Å². The molecule has 0 aliphatic heterocycles. The van der Waals surface area contributed by atoms with Crippen molar-refractivity contribution >= 4 is 33.8 Å². The van der Waals surface area contributed by atoms with E-state index in [1.54, 1.807) is 11.8 Å². The van der Waals surface area contributed by atoms with Crippen LogP contribution in [0.2, 0.25) is 0 Å². The zero-order chi connectivity index (χ0) is 20.2. The summed E-state index contributed by atoms with van der Waals surface area (Å²) in [6, 6.07) is 8.44. The summed E-state index contributed by atoms with van der Waals surface area (Å²) in [4.78, 5) is 12.6. The summed E-state index contributed by atoms with van der Waals surface area (Å²) in [6.45, 7) is 0.544. The second-order valence-corrected chi connectivity index (χ2v) is 9.44. The van der Waals surface area contributed by atoms with Crippen LogP contribution < -0.4 is 10.0 Å². The van der Waals surface area contributed by atoms with Gasteiger partial charge in [-0.2, -0.15) is 16.5 Å². The van der Waals surface area contributed by atoms with Crippen molar-refractivity contribution < 1.29 is 13.2 Å². The molecule has 7 heteroatoms. The summed E-state index contributed by atoms with van der Waals surface area (Å²) in [5, 5.41) is 4.01. The summed E-state index contributed by atoms with van der Waals surface area (Å²) in [6.07, 6.45) is 11.7. The molecule has 1 aromatic rings. The van der Waals surface area contributed by atoms with Gasteiger partial charge in [-0.1, -0.05) is 42.0 Å². The number of carbonyl (C=O) groups excluding carboxylic acids is 1. The molecule has 0 saturated heterocycles.